The lowest BCUT2D eigenvalue weighted by Crippen LogP contribution is -2.26. The van der Waals surface area contributed by atoms with Crippen LogP contribution in [0.5, 0.6) is 0 Å². The highest BCUT2D eigenvalue weighted by Crippen LogP contribution is 2.23. The van der Waals surface area contributed by atoms with E-state index in [-0.39, 0.29) is 6.10 Å². The van der Waals surface area contributed by atoms with Crippen molar-refractivity contribution >= 4 is 17.1 Å². The molecular formula is C13H16N2O3. The lowest BCUT2D eigenvalue weighted by atomic mass is 10.3. The zero-order chi connectivity index (χ0) is 12.6. The molecule has 1 unspecified atom stereocenters. The lowest BCUT2D eigenvalue weighted by molar-refractivity contribution is -0.136. The molecule has 1 atom stereocenters. The van der Waals surface area contributed by atoms with Crippen molar-refractivity contribution < 1.29 is 13.9 Å². The van der Waals surface area contributed by atoms with Crippen LogP contribution in [0.25, 0.3) is 11.1 Å². The molecule has 1 aliphatic heterocycles. The molecule has 5 nitrogen and oxygen atoms in total. The van der Waals surface area contributed by atoms with E-state index in [4.69, 9.17) is 13.9 Å². The molecule has 1 N–H and O–H groups in total. The fourth-order valence-corrected chi connectivity index (χ4v) is 2.01. The van der Waals surface area contributed by atoms with Gasteiger partial charge in [0.1, 0.15) is 11.6 Å². The Morgan fingerprint density at radius 2 is 2.22 bits per heavy atom. The van der Waals surface area contributed by atoms with Gasteiger partial charge in [-0.05, 0) is 26.0 Å². The smallest absolute Gasteiger partial charge is 0.295 e. The van der Waals surface area contributed by atoms with Crippen LogP contribution in [0.2, 0.25) is 0 Å². The van der Waals surface area contributed by atoms with Crippen LogP contribution in [0.1, 0.15) is 13.8 Å². The quantitative estimate of drug-likeness (QED) is 0.903. The van der Waals surface area contributed by atoms with Gasteiger partial charge in [-0.15, -0.1) is 0 Å². The molecule has 18 heavy (non-hydrogen) atoms. The largest absolute Gasteiger partial charge is 0.424 e. The molecule has 1 aliphatic rings. The summed E-state index contributed by atoms with van der Waals surface area (Å²) in [5, 5.41) is 3.13. The molecule has 1 saturated heterocycles. The van der Waals surface area contributed by atoms with Crippen molar-refractivity contribution in [3.05, 3.63) is 24.3 Å². The molecule has 0 radical (unpaired) electrons. The molecule has 0 aliphatic carbocycles. The zero-order valence-electron chi connectivity index (χ0n) is 10.5. The number of aromatic nitrogens is 1. The number of fused-ring (bicyclic) bond motifs is 1. The molecule has 0 bridgehead atoms. The van der Waals surface area contributed by atoms with Gasteiger partial charge in [0.25, 0.3) is 6.01 Å². The molecule has 1 aromatic heterocycles. The van der Waals surface area contributed by atoms with E-state index < -0.39 is 5.79 Å². The van der Waals surface area contributed by atoms with Crippen molar-refractivity contribution in [3.8, 4) is 0 Å². The van der Waals surface area contributed by atoms with Crippen molar-refractivity contribution in [2.45, 2.75) is 25.7 Å². The van der Waals surface area contributed by atoms with Crippen molar-refractivity contribution in [3.63, 3.8) is 0 Å². The Morgan fingerprint density at radius 3 is 2.94 bits per heavy atom. The molecule has 0 saturated carbocycles. The van der Waals surface area contributed by atoms with Gasteiger partial charge in [-0.1, -0.05) is 12.1 Å². The van der Waals surface area contributed by atoms with Gasteiger partial charge in [-0.3, -0.25) is 0 Å². The molecule has 0 amide bonds. The topological polar surface area (TPSA) is 56.5 Å². The lowest BCUT2D eigenvalue weighted by Gasteiger charge is -2.16. The second-order valence-electron chi connectivity index (χ2n) is 4.82. The van der Waals surface area contributed by atoms with Gasteiger partial charge in [0, 0.05) is 6.54 Å². The minimum atomic E-state index is -0.492. The number of nitrogens with one attached hydrogen (secondary N) is 1. The number of oxazole rings is 1. The monoisotopic (exact) mass is 248 g/mol. The Labute approximate surface area is 105 Å². The minimum absolute atomic E-state index is 0.0232. The maximum absolute atomic E-state index is 5.69. The van der Waals surface area contributed by atoms with Crippen LogP contribution in [0.4, 0.5) is 6.01 Å². The van der Waals surface area contributed by atoms with Gasteiger partial charge < -0.3 is 19.2 Å². The third-order valence-corrected chi connectivity index (χ3v) is 2.84. The van der Waals surface area contributed by atoms with E-state index in [9.17, 15) is 0 Å². The molecule has 0 spiro atoms. The molecule has 1 fully saturated rings. The fraction of sp³-hybridized carbons (Fsp3) is 0.462. The third kappa shape index (κ3) is 2.32. The Bertz CT molecular complexity index is 517. The van der Waals surface area contributed by atoms with Gasteiger partial charge in [-0.2, -0.15) is 4.98 Å². The first kappa shape index (κ1) is 11.5. The second kappa shape index (κ2) is 4.26. The van der Waals surface area contributed by atoms with Crippen LogP contribution in [-0.2, 0) is 9.47 Å². The SMILES string of the molecule is CC1(C)OCC(CNc2nc3ccccc3o2)O1. The number of rotatable bonds is 3. The predicted molar refractivity (Wildman–Crippen MR) is 67.4 cm³/mol. The molecule has 2 heterocycles. The van der Waals surface area contributed by atoms with Crippen molar-refractivity contribution in [2.75, 3.05) is 18.5 Å². The maximum atomic E-state index is 5.69. The molecule has 3 rings (SSSR count). The number of benzene rings is 1. The molecule has 1 aromatic carbocycles. The van der Waals surface area contributed by atoms with E-state index in [1.165, 1.54) is 0 Å². The predicted octanol–water partition coefficient (Wildman–Crippen LogP) is 2.39. The number of anilines is 1. The maximum Gasteiger partial charge on any atom is 0.295 e. The van der Waals surface area contributed by atoms with Gasteiger partial charge in [0.2, 0.25) is 0 Å². The van der Waals surface area contributed by atoms with E-state index >= 15 is 0 Å². The summed E-state index contributed by atoms with van der Waals surface area (Å²) < 4.78 is 16.7. The Hall–Kier alpha value is -1.59. The summed E-state index contributed by atoms with van der Waals surface area (Å²) in [7, 11) is 0. The zero-order valence-corrected chi connectivity index (χ0v) is 10.5. The minimum Gasteiger partial charge on any atom is -0.424 e. The van der Waals surface area contributed by atoms with Crippen LogP contribution in [0.15, 0.2) is 28.7 Å². The first-order chi connectivity index (χ1) is 8.62. The average molecular weight is 248 g/mol. The number of para-hydroxylation sites is 2. The summed E-state index contributed by atoms with van der Waals surface area (Å²) in [6.45, 7) is 5.02. The van der Waals surface area contributed by atoms with E-state index in [0.29, 0.717) is 19.2 Å². The molecule has 5 heteroatoms. The summed E-state index contributed by atoms with van der Waals surface area (Å²) in [5.41, 5.74) is 1.63. The highest BCUT2D eigenvalue weighted by Gasteiger charge is 2.32. The number of hydrogen-bond acceptors (Lipinski definition) is 5. The molecular weight excluding hydrogens is 232 g/mol. The van der Waals surface area contributed by atoms with Crippen molar-refractivity contribution in [2.24, 2.45) is 0 Å². The summed E-state index contributed by atoms with van der Waals surface area (Å²) in [5.74, 6) is -0.492. The Kier molecular flexibility index (Phi) is 2.72. The summed E-state index contributed by atoms with van der Waals surface area (Å²) in [6.07, 6.45) is 0.0232. The Balaban J connectivity index is 1.63. The molecule has 96 valence electrons. The van der Waals surface area contributed by atoms with Gasteiger partial charge in [-0.25, -0.2) is 0 Å². The highest BCUT2D eigenvalue weighted by atomic mass is 16.7. The van der Waals surface area contributed by atoms with Crippen LogP contribution in [-0.4, -0.2) is 30.0 Å². The van der Waals surface area contributed by atoms with Crippen molar-refractivity contribution in [1.82, 2.24) is 4.98 Å². The number of ether oxygens (including phenoxy) is 2. The number of hydrogen-bond donors (Lipinski definition) is 1. The second-order valence-corrected chi connectivity index (χ2v) is 4.82. The standard InChI is InChI=1S/C13H16N2O3/c1-13(2)16-8-9(18-13)7-14-12-15-10-5-3-4-6-11(10)17-12/h3-6,9H,7-8H2,1-2H3,(H,14,15). The normalized spacial score (nSPS) is 22.4. The van der Waals surface area contributed by atoms with E-state index in [1.807, 2.05) is 38.1 Å². The highest BCUT2D eigenvalue weighted by molar-refractivity contribution is 5.74. The van der Waals surface area contributed by atoms with Crippen LogP contribution in [0, 0.1) is 0 Å². The summed E-state index contributed by atoms with van der Waals surface area (Å²) in [4.78, 5) is 4.34. The van der Waals surface area contributed by atoms with Crippen LogP contribution < -0.4 is 5.32 Å². The first-order valence-electron chi connectivity index (χ1n) is 6.04. The fourth-order valence-electron chi connectivity index (χ4n) is 2.01. The van der Waals surface area contributed by atoms with E-state index in [0.717, 1.165) is 11.1 Å². The van der Waals surface area contributed by atoms with Crippen molar-refractivity contribution in [1.29, 1.82) is 0 Å². The Morgan fingerprint density at radius 1 is 1.39 bits per heavy atom. The first-order valence-corrected chi connectivity index (χ1v) is 6.04. The van der Waals surface area contributed by atoms with E-state index in [2.05, 4.69) is 10.3 Å². The van der Waals surface area contributed by atoms with Gasteiger partial charge in [0.15, 0.2) is 11.4 Å². The third-order valence-electron chi connectivity index (χ3n) is 2.84. The number of nitrogens with zero attached hydrogens (tertiary/aromatic N) is 1. The van der Waals surface area contributed by atoms with E-state index in [1.54, 1.807) is 0 Å². The van der Waals surface area contributed by atoms with Gasteiger partial charge in [0.05, 0.1) is 6.61 Å². The molecule has 2 aromatic rings. The van der Waals surface area contributed by atoms with Gasteiger partial charge >= 0.3 is 0 Å². The average Bonchev–Trinajstić information content (AvgIpc) is 2.89. The summed E-state index contributed by atoms with van der Waals surface area (Å²) >= 11 is 0. The van der Waals surface area contributed by atoms with Crippen LogP contribution >= 0.6 is 0 Å². The van der Waals surface area contributed by atoms with Crippen LogP contribution in [0.3, 0.4) is 0 Å². The summed E-state index contributed by atoms with van der Waals surface area (Å²) in [6, 6.07) is 8.19.